The van der Waals surface area contributed by atoms with Crippen LogP contribution in [0.25, 0.3) is 0 Å². The highest BCUT2D eigenvalue weighted by atomic mass is 32.2. The molecule has 0 aromatic carbocycles. The van der Waals surface area contributed by atoms with E-state index in [1.807, 2.05) is 13.2 Å². The Kier molecular flexibility index (Phi) is 5.63. The summed E-state index contributed by atoms with van der Waals surface area (Å²) >= 11 is 2.81. The molecule has 2 fully saturated rings. The Bertz CT molecular complexity index is 564. The molecule has 7 nitrogen and oxygen atoms in total. The molecule has 0 atom stereocenters. The molecule has 1 aliphatic carbocycles. The molecule has 1 saturated heterocycles. The van der Waals surface area contributed by atoms with Crippen LogP contribution in [0.3, 0.4) is 0 Å². The second-order valence-electron chi connectivity index (χ2n) is 5.94. The van der Waals surface area contributed by atoms with Gasteiger partial charge < -0.3 is 18.9 Å². The first-order chi connectivity index (χ1) is 11.6. The summed E-state index contributed by atoms with van der Waals surface area (Å²) in [6, 6.07) is 0.321. The second-order valence-corrected chi connectivity index (χ2v) is 7.75. The molecule has 1 spiro atoms. The number of hydrogen-bond donors (Lipinski definition) is 0. The maximum absolute atomic E-state index is 12.6. The molecule has 1 aromatic heterocycles. The second kappa shape index (κ2) is 7.55. The van der Waals surface area contributed by atoms with E-state index in [-0.39, 0.29) is 12.6 Å². The first-order valence-electron chi connectivity index (χ1n) is 8.07. The average molecular weight is 374 g/mol. The SMILES string of the molecule is CCOC(=O)C1(COc2nsc(SC)n2)CCC2(CC1)OCCO2. The smallest absolute Gasteiger partial charge is 0.329 e. The fraction of sp³-hybridized carbons (Fsp3) is 0.800. The van der Waals surface area contributed by atoms with Gasteiger partial charge in [0.05, 0.1) is 19.8 Å². The highest BCUT2D eigenvalue weighted by Crippen LogP contribution is 2.45. The predicted molar refractivity (Wildman–Crippen MR) is 89.4 cm³/mol. The molecular formula is C15H22N2O5S2. The van der Waals surface area contributed by atoms with Crippen molar-refractivity contribution in [3.05, 3.63) is 0 Å². The molecule has 0 bridgehead atoms. The van der Waals surface area contributed by atoms with Gasteiger partial charge in [0.15, 0.2) is 10.1 Å². The Hall–Kier alpha value is -0.900. The molecule has 2 aliphatic rings. The number of carbonyl (C=O) groups excluding carboxylic acids is 1. The summed E-state index contributed by atoms with van der Waals surface area (Å²) in [5.41, 5.74) is -0.693. The number of thioether (sulfide) groups is 1. The lowest BCUT2D eigenvalue weighted by atomic mass is 9.72. The Morgan fingerprint density at radius 3 is 2.58 bits per heavy atom. The van der Waals surface area contributed by atoms with Gasteiger partial charge in [0, 0.05) is 12.8 Å². The van der Waals surface area contributed by atoms with Crippen molar-refractivity contribution in [2.45, 2.75) is 42.7 Å². The van der Waals surface area contributed by atoms with E-state index in [0.29, 0.717) is 51.5 Å². The van der Waals surface area contributed by atoms with E-state index in [2.05, 4.69) is 9.36 Å². The van der Waals surface area contributed by atoms with Gasteiger partial charge in [-0.05, 0) is 37.6 Å². The molecular weight excluding hydrogens is 352 g/mol. The van der Waals surface area contributed by atoms with Crippen LogP contribution in [0, 0.1) is 5.41 Å². The highest BCUT2D eigenvalue weighted by molar-refractivity contribution is 8.00. The zero-order chi connectivity index (χ0) is 17.0. The van der Waals surface area contributed by atoms with Crippen LogP contribution in [0.2, 0.25) is 0 Å². The van der Waals surface area contributed by atoms with E-state index < -0.39 is 11.2 Å². The van der Waals surface area contributed by atoms with Gasteiger partial charge in [0.1, 0.15) is 12.0 Å². The minimum absolute atomic E-state index is 0.215. The Balaban J connectivity index is 1.68. The molecule has 1 aliphatic heterocycles. The maximum Gasteiger partial charge on any atom is 0.329 e. The maximum atomic E-state index is 12.6. The van der Waals surface area contributed by atoms with Crippen LogP contribution in [0.4, 0.5) is 0 Å². The molecule has 134 valence electrons. The van der Waals surface area contributed by atoms with Crippen LogP contribution in [0.5, 0.6) is 6.01 Å². The zero-order valence-corrected chi connectivity index (χ0v) is 15.5. The van der Waals surface area contributed by atoms with Crippen LogP contribution in [0.1, 0.15) is 32.6 Å². The van der Waals surface area contributed by atoms with Gasteiger partial charge >= 0.3 is 12.0 Å². The number of rotatable bonds is 6. The van der Waals surface area contributed by atoms with E-state index in [1.54, 1.807) is 0 Å². The van der Waals surface area contributed by atoms with E-state index in [0.717, 1.165) is 4.34 Å². The minimum Gasteiger partial charge on any atom is -0.465 e. The summed E-state index contributed by atoms with van der Waals surface area (Å²) in [7, 11) is 0. The molecule has 0 N–H and O–H groups in total. The van der Waals surface area contributed by atoms with E-state index in [1.165, 1.54) is 23.3 Å². The molecule has 9 heteroatoms. The average Bonchev–Trinajstić information content (AvgIpc) is 3.25. The summed E-state index contributed by atoms with van der Waals surface area (Å²) in [6.07, 6.45) is 4.47. The van der Waals surface area contributed by atoms with E-state index in [4.69, 9.17) is 18.9 Å². The lowest BCUT2D eigenvalue weighted by Gasteiger charge is -2.41. The Labute approximate surface area is 149 Å². The van der Waals surface area contributed by atoms with E-state index in [9.17, 15) is 4.79 Å². The van der Waals surface area contributed by atoms with Gasteiger partial charge in [0.2, 0.25) is 0 Å². The first-order valence-corrected chi connectivity index (χ1v) is 10.1. The monoisotopic (exact) mass is 374 g/mol. The zero-order valence-electron chi connectivity index (χ0n) is 13.9. The lowest BCUT2D eigenvalue weighted by molar-refractivity contribution is -0.202. The first kappa shape index (κ1) is 17.9. The predicted octanol–water partition coefficient (Wildman–Crippen LogP) is 2.51. The highest BCUT2D eigenvalue weighted by Gasteiger charge is 2.51. The number of esters is 1. The third-order valence-electron chi connectivity index (χ3n) is 4.53. The van der Waals surface area contributed by atoms with Crippen molar-refractivity contribution < 1.29 is 23.7 Å². The quantitative estimate of drug-likeness (QED) is 0.555. The molecule has 0 unspecified atom stereocenters. The number of ether oxygens (including phenoxy) is 4. The summed E-state index contributed by atoms with van der Waals surface area (Å²) in [6.45, 7) is 3.61. The van der Waals surface area contributed by atoms with Crippen LogP contribution in [0.15, 0.2) is 4.34 Å². The molecule has 0 radical (unpaired) electrons. The number of nitrogens with zero attached hydrogens (tertiary/aromatic N) is 2. The fourth-order valence-electron chi connectivity index (χ4n) is 3.13. The van der Waals surface area contributed by atoms with Crippen LogP contribution in [-0.2, 0) is 19.0 Å². The third kappa shape index (κ3) is 3.68. The van der Waals surface area contributed by atoms with Crippen molar-refractivity contribution in [2.75, 3.05) is 32.7 Å². The van der Waals surface area contributed by atoms with Gasteiger partial charge in [0.25, 0.3) is 0 Å². The summed E-state index contributed by atoms with van der Waals surface area (Å²) < 4.78 is 27.6. The van der Waals surface area contributed by atoms with Crippen molar-refractivity contribution in [3.8, 4) is 6.01 Å². The van der Waals surface area contributed by atoms with Crippen molar-refractivity contribution in [3.63, 3.8) is 0 Å². The molecule has 1 saturated carbocycles. The topological polar surface area (TPSA) is 79.8 Å². The lowest BCUT2D eigenvalue weighted by Crippen LogP contribution is -2.47. The molecule has 2 heterocycles. The van der Waals surface area contributed by atoms with Crippen molar-refractivity contribution in [1.29, 1.82) is 0 Å². The molecule has 0 amide bonds. The standard InChI is InChI=1S/C15H22N2O5S2/c1-3-19-11(18)14(10-20-12-16-13(23-2)24-17-12)4-6-15(7-5-14)21-8-9-22-15/h3-10H2,1-2H3. The molecule has 1 aromatic rings. The Morgan fingerprint density at radius 2 is 2.00 bits per heavy atom. The largest absolute Gasteiger partial charge is 0.465 e. The number of aromatic nitrogens is 2. The normalized spacial score (nSPS) is 21.8. The van der Waals surface area contributed by atoms with Crippen molar-refractivity contribution >= 4 is 29.3 Å². The number of hydrogen-bond acceptors (Lipinski definition) is 9. The Morgan fingerprint density at radius 1 is 1.29 bits per heavy atom. The van der Waals surface area contributed by atoms with Crippen LogP contribution in [-0.4, -0.2) is 53.8 Å². The fourth-order valence-corrected chi connectivity index (χ4v) is 4.08. The van der Waals surface area contributed by atoms with Gasteiger partial charge in [-0.15, -0.1) is 4.37 Å². The van der Waals surface area contributed by atoms with Crippen LogP contribution >= 0.6 is 23.3 Å². The van der Waals surface area contributed by atoms with E-state index >= 15 is 0 Å². The molecule has 24 heavy (non-hydrogen) atoms. The van der Waals surface area contributed by atoms with Gasteiger partial charge in [-0.3, -0.25) is 4.79 Å². The third-order valence-corrected chi connectivity index (χ3v) is 6.19. The minimum atomic E-state index is -0.693. The van der Waals surface area contributed by atoms with Gasteiger partial charge in [-0.1, -0.05) is 11.8 Å². The summed E-state index contributed by atoms with van der Waals surface area (Å²) in [4.78, 5) is 16.8. The summed E-state index contributed by atoms with van der Waals surface area (Å²) in [5.74, 6) is -0.751. The van der Waals surface area contributed by atoms with Crippen molar-refractivity contribution in [2.24, 2.45) is 5.41 Å². The number of carbonyl (C=O) groups is 1. The van der Waals surface area contributed by atoms with Gasteiger partial charge in [-0.25, -0.2) is 0 Å². The molecule has 3 rings (SSSR count). The van der Waals surface area contributed by atoms with Crippen LogP contribution < -0.4 is 4.74 Å². The van der Waals surface area contributed by atoms with Crippen molar-refractivity contribution in [1.82, 2.24) is 9.36 Å². The van der Waals surface area contributed by atoms with Gasteiger partial charge in [-0.2, -0.15) is 4.98 Å². The summed E-state index contributed by atoms with van der Waals surface area (Å²) in [5, 5.41) is 0.